The fourth-order valence-electron chi connectivity index (χ4n) is 0.917. The van der Waals surface area contributed by atoms with Gasteiger partial charge in [-0.25, -0.2) is 9.18 Å². The molecule has 1 amide bonds. The molecule has 1 rings (SSSR count). The molecule has 6 heteroatoms. The summed E-state index contributed by atoms with van der Waals surface area (Å²) in [5, 5.41) is 9.01. The van der Waals surface area contributed by atoms with Crippen molar-refractivity contribution in [3.8, 4) is 0 Å². The predicted molar refractivity (Wildman–Crippen MR) is 41.5 cm³/mol. The molecule has 0 spiro atoms. The zero-order valence-corrected chi connectivity index (χ0v) is 6.80. The van der Waals surface area contributed by atoms with Gasteiger partial charge in [0.25, 0.3) is 0 Å². The third kappa shape index (κ3) is 2.15. The highest BCUT2D eigenvalue weighted by Crippen LogP contribution is 2.26. The van der Waals surface area contributed by atoms with E-state index in [1.807, 2.05) is 0 Å². The summed E-state index contributed by atoms with van der Waals surface area (Å²) >= 11 is 0. The van der Waals surface area contributed by atoms with Crippen molar-refractivity contribution in [3.63, 3.8) is 0 Å². The minimum absolute atomic E-state index is 0.811. The third-order valence-corrected chi connectivity index (χ3v) is 1.48. The zero-order chi connectivity index (χ0) is 10.8. The predicted octanol–water partition coefficient (Wildman–Crippen LogP) is 2.14. The molecule has 3 nitrogen and oxygen atoms in total. The van der Waals surface area contributed by atoms with Gasteiger partial charge in [-0.1, -0.05) is 12.1 Å². The monoisotopic (exact) mass is 205 g/mol. The van der Waals surface area contributed by atoms with E-state index < -0.39 is 23.5 Å². The second kappa shape index (κ2) is 3.57. The van der Waals surface area contributed by atoms with E-state index in [1.165, 1.54) is 12.1 Å². The molecule has 0 saturated heterocycles. The molecule has 0 radical (unpaired) electrons. The number of hydrogen-bond acceptors (Lipinski definition) is 1. The molecule has 1 aromatic carbocycles. The van der Waals surface area contributed by atoms with Crippen LogP contribution in [0, 0.1) is 5.82 Å². The number of rotatable bonds is 2. The summed E-state index contributed by atoms with van der Waals surface area (Å²) < 4.78 is 38.7. The molecule has 0 bridgehead atoms. The fourth-order valence-corrected chi connectivity index (χ4v) is 0.917. The van der Waals surface area contributed by atoms with Crippen molar-refractivity contribution in [3.05, 3.63) is 35.6 Å². The number of nitrogens with one attached hydrogen (secondary N) is 1. The Hall–Kier alpha value is -1.72. The molecular formula is C8H6F3NO2. The van der Waals surface area contributed by atoms with E-state index in [-0.39, 0.29) is 0 Å². The van der Waals surface area contributed by atoms with Gasteiger partial charge in [0, 0.05) is 0 Å². The molecule has 0 aromatic heterocycles. The van der Waals surface area contributed by atoms with Crippen LogP contribution in [0.5, 0.6) is 0 Å². The Bertz CT molecular complexity index is 354. The van der Waals surface area contributed by atoms with Gasteiger partial charge >= 0.3 is 12.1 Å². The summed E-state index contributed by atoms with van der Waals surface area (Å²) in [4.78, 5) is 9.99. The molecule has 0 unspecified atom stereocenters. The summed E-state index contributed by atoms with van der Waals surface area (Å²) in [5.74, 6) is -1.16. The quantitative estimate of drug-likeness (QED) is 0.726. The van der Waals surface area contributed by atoms with Crippen molar-refractivity contribution in [1.82, 2.24) is 5.32 Å². The molecule has 0 aliphatic rings. The van der Waals surface area contributed by atoms with Crippen LogP contribution in [-0.2, 0) is 6.05 Å². The Labute approximate surface area is 77.2 Å². The molecule has 0 heterocycles. The van der Waals surface area contributed by atoms with Crippen LogP contribution in [-0.4, -0.2) is 11.2 Å². The summed E-state index contributed by atoms with van der Waals surface area (Å²) in [7, 11) is 0. The van der Waals surface area contributed by atoms with Crippen molar-refractivity contribution in [2.45, 2.75) is 6.05 Å². The first-order valence-corrected chi connectivity index (χ1v) is 3.57. The zero-order valence-electron chi connectivity index (χ0n) is 6.80. The van der Waals surface area contributed by atoms with E-state index in [2.05, 4.69) is 0 Å². The van der Waals surface area contributed by atoms with E-state index in [4.69, 9.17) is 5.11 Å². The number of alkyl halides is 2. The number of hydrogen-bond donors (Lipinski definition) is 2. The first-order chi connectivity index (χ1) is 6.43. The Morgan fingerprint density at radius 3 is 2.43 bits per heavy atom. The maximum atomic E-state index is 12.9. The van der Waals surface area contributed by atoms with Crippen molar-refractivity contribution >= 4 is 6.09 Å². The molecule has 0 aliphatic carbocycles. The largest absolute Gasteiger partial charge is 0.465 e. The van der Waals surface area contributed by atoms with Crippen LogP contribution in [0.4, 0.5) is 18.0 Å². The summed E-state index contributed by atoms with van der Waals surface area (Å²) in [5.41, 5.74) is -0.998. The van der Waals surface area contributed by atoms with E-state index >= 15 is 0 Å². The number of carboxylic acid groups (broad SMARTS) is 1. The van der Waals surface area contributed by atoms with Crippen molar-refractivity contribution in [2.24, 2.45) is 0 Å². The minimum Gasteiger partial charge on any atom is -0.465 e. The minimum atomic E-state index is -3.92. The second-order valence-electron chi connectivity index (χ2n) is 2.48. The lowest BCUT2D eigenvalue weighted by atomic mass is 10.2. The smallest absolute Gasteiger partial charge is 0.409 e. The first-order valence-electron chi connectivity index (χ1n) is 3.57. The molecule has 2 N–H and O–H groups in total. The average molecular weight is 205 g/mol. The van der Waals surface area contributed by atoms with Gasteiger partial charge in [-0.15, -0.1) is 0 Å². The first kappa shape index (κ1) is 10.4. The molecule has 0 atom stereocenters. The SMILES string of the molecule is O=C(O)NC(F)(F)c1ccccc1F. The Morgan fingerprint density at radius 2 is 1.93 bits per heavy atom. The molecular weight excluding hydrogens is 199 g/mol. The van der Waals surface area contributed by atoms with Crippen LogP contribution in [0.2, 0.25) is 0 Å². The van der Waals surface area contributed by atoms with Crippen LogP contribution in [0.25, 0.3) is 0 Å². The van der Waals surface area contributed by atoms with Crippen LogP contribution >= 0.6 is 0 Å². The normalized spacial score (nSPS) is 11.1. The molecule has 76 valence electrons. The lowest BCUT2D eigenvalue weighted by Crippen LogP contribution is -2.38. The van der Waals surface area contributed by atoms with Crippen LogP contribution < -0.4 is 5.32 Å². The van der Waals surface area contributed by atoms with Crippen LogP contribution in [0.15, 0.2) is 24.3 Å². The third-order valence-electron chi connectivity index (χ3n) is 1.48. The molecule has 1 aromatic rings. The lowest BCUT2D eigenvalue weighted by molar-refractivity contribution is -0.0371. The van der Waals surface area contributed by atoms with Gasteiger partial charge < -0.3 is 5.11 Å². The number of benzene rings is 1. The van der Waals surface area contributed by atoms with Gasteiger partial charge in [0.1, 0.15) is 5.82 Å². The maximum absolute atomic E-state index is 12.9. The highest BCUT2D eigenvalue weighted by atomic mass is 19.3. The molecule has 14 heavy (non-hydrogen) atoms. The van der Waals surface area contributed by atoms with Crippen molar-refractivity contribution < 1.29 is 23.1 Å². The van der Waals surface area contributed by atoms with Crippen molar-refractivity contribution in [2.75, 3.05) is 0 Å². The van der Waals surface area contributed by atoms with Crippen LogP contribution in [0.1, 0.15) is 5.56 Å². The number of halogens is 3. The summed E-state index contributed by atoms with van der Waals surface area (Å²) in [6, 6.07) is 0.140. The van der Waals surface area contributed by atoms with Gasteiger partial charge in [0.2, 0.25) is 0 Å². The van der Waals surface area contributed by atoms with Crippen LogP contribution in [0.3, 0.4) is 0 Å². The van der Waals surface area contributed by atoms with E-state index in [0.717, 1.165) is 17.4 Å². The molecule has 0 saturated carbocycles. The van der Waals surface area contributed by atoms with Gasteiger partial charge in [0.05, 0.1) is 5.56 Å². The van der Waals surface area contributed by atoms with Crippen molar-refractivity contribution in [1.29, 1.82) is 0 Å². The van der Waals surface area contributed by atoms with Gasteiger partial charge in [-0.3, -0.25) is 5.32 Å². The molecule has 0 aliphatic heterocycles. The maximum Gasteiger partial charge on any atom is 0.409 e. The highest BCUT2D eigenvalue weighted by molar-refractivity contribution is 5.65. The summed E-state index contributed by atoms with van der Waals surface area (Å²) in [6.07, 6.45) is -1.92. The van der Waals surface area contributed by atoms with E-state index in [9.17, 15) is 18.0 Å². The van der Waals surface area contributed by atoms with Gasteiger partial charge in [0.15, 0.2) is 0 Å². The lowest BCUT2D eigenvalue weighted by Gasteiger charge is -2.16. The Morgan fingerprint density at radius 1 is 1.36 bits per heavy atom. The van der Waals surface area contributed by atoms with E-state index in [0.29, 0.717) is 0 Å². The molecule has 0 fully saturated rings. The van der Waals surface area contributed by atoms with E-state index in [1.54, 1.807) is 0 Å². The number of carbonyl (C=O) groups is 1. The highest BCUT2D eigenvalue weighted by Gasteiger charge is 2.36. The van der Waals surface area contributed by atoms with Gasteiger partial charge in [-0.2, -0.15) is 8.78 Å². The second-order valence-corrected chi connectivity index (χ2v) is 2.48. The average Bonchev–Trinajstić information content (AvgIpc) is 2.02. The topological polar surface area (TPSA) is 49.3 Å². The fraction of sp³-hybridized carbons (Fsp3) is 0.125. The van der Waals surface area contributed by atoms with Gasteiger partial charge in [-0.05, 0) is 12.1 Å². The number of amides is 1. The standard InChI is InChI=1S/C8H6F3NO2/c9-6-4-2-1-3-5(6)8(10,11)12-7(13)14/h1-4,12H,(H,13,14). The Balaban J connectivity index is 3.03. The Kier molecular flexibility index (Phi) is 2.64. The summed E-state index contributed by atoms with van der Waals surface area (Å²) in [6.45, 7) is 0.